The Morgan fingerprint density at radius 3 is 1.83 bits per heavy atom. The number of hydrogen-bond acceptors (Lipinski definition) is 1. The summed E-state index contributed by atoms with van der Waals surface area (Å²) in [5, 5.41) is 0. The van der Waals surface area contributed by atoms with Crippen molar-refractivity contribution in [2.24, 2.45) is 0 Å². The molecule has 0 radical (unpaired) electrons. The minimum Gasteiger partial charge on any atom is -0.141 e. The van der Waals surface area contributed by atoms with Crippen LogP contribution in [-0.4, -0.2) is 0 Å². The molecule has 0 N–H and O–H groups in total. The summed E-state index contributed by atoms with van der Waals surface area (Å²) >= 11 is 1.75. The number of hydrogen-bond donors (Lipinski definition) is 0. The lowest BCUT2D eigenvalue weighted by Gasteiger charge is -1.89. The van der Waals surface area contributed by atoms with Crippen molar-refractivity contribution in [1.29, 1.82) is 0 Å². The molecular formula is C17H30S. The van der Waals surface area contributed by atoms with Gasteiger partial charge in [0, 0.05) is 9.75 Å². The van der Waals surface area contributed by atoms with E-state index in [4.69, 9.17) is 0 Å². The van der Waals surface area contributed by atoms with Crippen LogP contribution in [0.1, 0.15) is 50.8 Å². The first-order valence-corrected chi connectivity index (χ1v) is 7.46. The van der Waals surface area contributed by atoms with E-state index in [9.17, 15) is 0 Å². The lowest BCUT2D eigenvalue weighted by atomic mass is 10.2. The van der Waals surface area contributed by atoms with E-state index in [2.05, 4.69) is 45.7 Å². The Balaban J connectivity index is -0.000000238. The van der Waals surface area contributed by atoms with Gasteiger partial charge < -0.3 is 0 Å². The summed E-state index contributed by atoms with van der Waals surface area (Å²) in [5.41, 5.74) is 1.01. The maximum absolute atomic E-state index is 3.85. The van der Waals surface area contributed by atoms with Gasteiger partial charge in [0.1, 0.15) is 0 Å². The van der Waals surface area contributed by atoms with Gasteiger partial charge in [-0.05, 0) is 31.1 Å². The summed E-state index contributed by atoms with van der Waals surface area (Å²) in [6.07, 6.45) is 4.74. The van der Waals surface area contributed by atoms with Gasteiger partial charge in [-0.3, -0.25) is 0 Å². The van der Waals surface area contributed by atoms with Crippen LogP contribution < -0.4 is 0 Å². The van der Waals surface area contributed by atoms with E-state index < -0.39 is 0 Å². The molecule has 0 aliphatic rings. The predicted molar refractivity (Wildman–Crippen MR) is 91.5 cm³/mol. The van der Waals surface area contributed by atoms with Crippen molar-refractivity contribution < 1.29 is 0 Å². The molecule has 0 nitrogen and oxygen atoms in total. The molecule has 0 aliphatic carbocycles. The Labute approximate surface area is 119 Å². The molecule has 1 rings (SSSR count). The average molecular weight is 266 g/mol. The SMILES string of the molecule is C=CC(=C)c1ccc(C)s1.C=CCC.CC.CC. The fourth-order valence-electron chi connectivity index (χ4n) is 0.708. The van der Waals surface area contributed by atoms with Crippen molar-refractivity contribution in [3.05, 3.63) is 53.8 Å². The van der Waals surface area contributed by atoms with Crippen molar-refractivity contribution >= 4 is 16.9 Å². The first-order valence-electron chi connectivity index (χ1n) is 6.64. The standard InChI is InChI=1S/C9H10S.C4H8.2C2H6/c1-4-7(2)9-6-5-8(3)10-9;1-3-4-2;2*1-2/h4-6H,1-2H2,3H3;3H,1,4H2,2H3;2*1-2H3. The van der Waals surface area contributed by atoms with Crippen molar-refractivity contribution in [3.63, 3.8) is 0 Å². The third-order valence-electron chi connectivity index (χ3n) is 1.59. The smallest absolute Gasteiger partial charge is 0.0339 e. The van der Waals surface area contributed by atoms with E-state index in [1.807, 2.05) is 33.8 Å². The monoisotopic (exact) mass is 266 g/mol. The lowest BCUT2D eigenvalue weighted by molar-refractivity contribution is 1.23. The molecule has 1 heterocycles. The minimum absolute atomic E-state index is 1.01. The van der Waals surface area contributed by atoms with Gasteiger partial charge in [0.2, 0.25) is 0 Å². The molecule has 104 valence electrons. The van der Waals surface area contributed by atoms with Crippen molar-refractivity contribution in [1.82, 2.24) is 0 Å². The van der Waals surface area contributed by atoms with E-state index in [0.717, 1.165) is 12.0 Å². The third kappa shape index (κ3) is 13.0. The minimum atomic E-state index is 1.01. The number of thiophene rings is 1. The van der Waals surface area contributed by atoms with Gasteiger partial charge in [0.25, 0.3) is 0 Å². The molecule has 0 aliphatic heterocycles. The van der Waals surface area contributed by atoms with Crippen LogP contribution in [0.4, 0.5) is 0 Å². The highest BCUT2D eigenvalue weighted by molar-refractivity contribution is 7.13. The maximum atomic E-state index is 3.85. The summed E-state index contributed by atoms with van der Waals surface area (Å²) in [6, 6.07) is 4.17. The zero-order valence-corrected chi connectivity index (χ0v) is 13.9. The van der Waals surface area contributed by atoms with Gasteiger partial charge in [0.05, 0.1) is 0 Å². The van der Waals surface area contributed by atoms with Gasteiger partial charge in [0.15, 0.2) is 0 Å². The topological polar surface area (TPSA) is 0 Å². The Hall–Kier alpha value is -1.08. The van der Waals surface area contributed by atoms with Crippen LogP contribution in [0.25, 0.3) is 5.57 Å². The molecule has 0 saturated carbocycles. The molecule has 1 aromatic heterocycles. The molecule has 18 heavy (non-hydrogen) atoms. The van der Waals surface area contributed by atoms with Crippen molar-refractivity contribution in [2.75, 3.05) is 0 Å². The van der Waals surface area contributed by atoms with Crippen LogP contribution in [0.15, 0.2) is 44.0 Å². The zero-order valence-electron chi connectivity index (χ0n) is 13.0. The van der Waals surface area contributed by atoms with Crippen molar-refractivity contribution in [3.8, 4) is 0 Å². The molecule has 0 spiro atoms. The second kappa shape index (κ2) is 18.3. The molecule has 0 unspecified atom stereocenters. The maximum Gasteiger partial charge on any atom is 0.0339 e. The molecule has 0 fully saturated rings. The molecule has 0 amide bonds. The Bertz CT molecular complexity index is 305. The van der Waals surface area contributed by atoms with Crippen LogP contribution in [0.5, 0.6) is 0 Å². The zero-order chi connectivity index (χ0) is 15.0. The highest BCUT2D eigenvalue weighted by Crippen LogP contribution is 2.22. The van der Waals surface area contributed by atoms with Gasteiger partial charge in [-0.2, -0.15) is 0 Å². The average Bonchev–Trinajstić information content (AvgIpc) is 2.89. The molecule has 0 atom stereocenters. The number of allylic oxidation sites excluding steroid dienone is 3. The van der Waals surface area contributed by atoms with Crippen LogP contribution in [0, 0.1) is 6.92 Å². The van der Waals surface area contributed by atoms with E-state index >= 15 is 0 Å². The first kappa shape index (κ1) is 22.1. The quantitative estimate of drug-likeness (QED) is 0.413. The van der Waals surface area contributed by atoms with E-state index in [0.29, 0.717) is 0 Å². The predicted octanol–water partition coefficient (Wildman–Crippen LogP) is 6.89. The Morgan fingerprint density at radius 2 is 1.61 bits per heavy atom. The summed E-state index contributed by atoms with van der Waals surface area (Å²) in [4.78, 5) is 2.53. The molecular weight excluding hydrogens is 236 g/mol. The second-order valence-electron chi connectivity index (χ2n) is 2.84. The van der Waals surface area contributed by atoms with Crippen LogP contribution in [0.3, 0.4) is 0 Å². The first-order chi connectivity index (χ1) is 8.65. The van der Waals surface area contributed by atoms with Crippen LogP contribution >= 0.6 is 11.3 Å². The summed E-state index contributed by atoms with van der Waals surface area (Å²) in [6.45, 7) is 23.1. The molecule has 0 bridgehead atoms. The van der Waals surface area contributed by atoms with E-state index in [1.54, 1.807) is 17.4 Å². The Morgan fingerprint density at radius 1 is 1.17 bits per heavy atom. The van der Waals surface area contributed by atoms with Gasteiger partial charge in [-0.1, -0.05) is 59.9 Å². The van der Waals surface area contributed by atoms with Crippen LogP contribution in [-0.2, 0) is 0 Å². The van der Waals surface area contributed by atoms with Gasteiger partial charge in [-0.15, -0.1) is 17.9 Å². The van der Waals surface area contributed by atoms with Crippen molar-refractivity contribution in [2.45, 2.75) is 48.0 Å². The fourth-order valence-corrected chi connectivity index (χ4v) is 1.54. The molecule has 1 aromatic rings. The third-order valence-corrected chi connectivity index (χ3v) is 2.67. The molecule has 1 heteroatoms. The highest BCUT2D eigenvalue weighted by atomic mass is 32.1. The number of rotatable bonds is 3. The van der Waals surface area contributed by atoms with E-state index in [-0.39, 0.29) is 0 Å². The van der Waals surface area contributed by atoms with Gasteiger partial charge in [-0.25, -0.2) is 0 Å². The summed E-state index contributed by atoms with van der Waals surface area (Å²) in [5.74, 6) is 0. The lowest BCUT2D eigenvalue weighted by Crippen LogP contribution is -1.65. The fraction of sp³-hybridized carbons (Fsp3) is 0.412. The normalized spacial score (nSPS) is 7.22. The Kier molecular flexibility index (Phi) is 22.5. The largest absolute Gasteiger partial charge is 0.141 e. The molecule has 0 saturated heterocycles. The summed E-state index contributed by atoms with van der Waals surface area (Å²) < 4.78 is 0. The second-order valence-corrected chi connectivity index (χ2v) is 4.12. The van der Waals surface area contributed by atoms with Crippen LogP contribution in [0.2, 0.25) is 0 Å². The van der Waals surface area contributed by atoms with E-state index in [1.165, 1.54) is 9.75 Å². The molecule has 0 aromatic carbocycles. The number of aryl methyl sites for hydroxylation is 1. The highest BCUT2D eigenvalue weighted by Gasteiger charge is 1.95. The van der Waals surface area contributed by atoms with Gasteiger partial charge >= 0.3 is 0 Å². The summed E-state index contributed by atoms with van der Waals surface area (Å²) in [7, 11) is 0.